The number of aryl methyl sites for hydroxylation is 1. The number of anilines is 1. The van der Waals surface area contributed by atoms with E-state index in [1.54, 1.807) is 22.5 Å². The fraction of sp³-hybridized carbons (Fsp3) is 0.381. The van der Waals surface area contributed by atoms with Gasteiger partial charge in [0.1, 0.15) is 0 Å². The van der Waals surface area contributed by atoms with E-state index in [2.05, 4.69) is 5.32 Å². The van der Waals surface area contributed by atoms with E-state index in [9.17, 15) is 13.2 Å². The van der Waals surface area contributed by atoms with E-state index < -0.39 is 10.0 Å². The fourth-order valence-electron chi connectivity index (χ4n) is 3.31. The number of sulfonamides is 1. The molecule has 5 nitrogen and oxygen atoms in total. The molecule has 1 saturated heterocycles. The number of hydrogen-bond donors (Lipinski definition) is 1. The molecule has 3 rings (SSSR count). The topological polar surface area (TPSA) is 66.5 Å². The van der Waals surface area contributed by atoms with Crippen LogP contribution in [0.25, 0.3) is 0 Å². The third-order valence-electron chi connectivity index (χ3n) is 5.15. The predicted octanol–water partition coefficient (Wildman–Crippen LogP) is 4.12. The number of nitrogens with zero attached hydrogens (tertiary/aromatic N) is 1. The van der Waals surface area contributed by atoms with Gasteiger partial charge in [0.25, 0.3) is 5.91 Å². The molecule has 0 aliphatic carbocycles. The Balaban J connectivity index is 1.84. The maximum Gasteiger partial charge on any atom is 0.255 e. The summed E-state index contributed by atoms with van der Waals surface area (Å²) in [5.41, 5.74) is 3.16. The van der Waals surface area contributed by atoms with Crippen LogP contribution in [0.4, 0.5) is 5.69 Å². The second-order valence-electron chi connectivity index (χ2n) is 7.05. The van der Waals surface area contributed by atoms with Crippen LogP contribution in [0.5, 0.6) is 0 Å². The van der Waals surface area contributed by atoms with E-state index >= 15 is 0 Å². The minimum absolute atomic E-state index is 0.179. The Hall–Kier alpha value is -2.18. The van der Waals surface area contributed by atoms with Crippen LogP contribution in [0.3, 0.4) is 0 Å². The molecule has 1 aliphatic rings. The zero-order chi connectivity index (χ0) is 19.4. The molecule has 0 atom stereocenters. The molecule has 0 bridgehead atoms. The average molecular weight is 387 g/mol. The van der Waals surface area contributed by atoms with Crippen molar-refractivity contribution in [3.8, 4) is 0 Å². The highest BCUT2D eigenvalue weighted by atomic mass is 32.2. The first-order valence-electron chi connectivity index (χ1n) is 9.37. The second kappa shape index (κ2) is 8.23. The summed E-state index contributed by atoms with van der Waals surface area (Å²) in [4.78, 5) is 12.8. The van der Waals surface area contributed by atoms with Gasteiger partial charge in [0.2, 0.25) is 10.0 Å². The number of carbonyl (C=O) groups excluding carboxylic acids is 1. The molecule has 2 aromatic carbocycles. The van der Waals surface area contributed by atoms with Crippen LogP contribution >= 0.6 is 0 Å². The number of carbonyl (C=O) groups is 1. The standard InChI is InChI=1S/C21H26N2O3S/c1-16-9-7-12-20(17(16)2)22-21(24)18-10-8-11-19(15-18)27(25,26)23-13-5-3-4-6-14-23/h7-12,15H,3-6,13-14H2,1-2H3,(H,22,24). The molecule has 0 radical (unpaired) electrons. The zero-order valence-electron chi connectivity index (χ0n) is 15.9. The molecule has 0 unspecified atom stereocenters. The third kappa shape index (κ3) is 4.39. The lowest BCUT2D eigenvalue weighted by molar-refractivity contribution is 0.102. The van der Waals surface area contributed by atoms with Crippen LogP contribution in [0.2, 0.25) is 0 Å². The van der Waals surface area contributed by atoms with Crippen molar-refractivity contribution in [3.63, 3.8) is 0 Å². The number of benzene rings is 2. The number of rotatable bonds is 4. The molecule has 0 aromatic heterocycles. The monoisotopic (exact) mass is 386 g/mol. The summed E-state index contributed by atoms with van der Waals surface area (Å²) in [6, 6.07) is 12.0. The van der Waals surface area contributed by atoms with Crippen LogP contribution in [-0.2, 0) is 10.0 Å². The van der Waals surface area contributed by atoms with E-state index in [0.29, 0.717) is 18.7 Å². The summed E-state index contributed by atoms with van der Waals surface area (Å²) < 4.78 is 27.5. The van der Waals surface area contributed by atoms with Crippen molar-refractivity contribution in [1.29, 1.82) is 0 Å². The van der Waals surface area contributed by atoms with Gasteiger partial charge in [-0.25, -0.2) is 8.42 Å². The summed E-state index contributed by atoms with van der Waals surface area (Å²) in [6.45, 7) is 5.02. The fourth-order valence-corrected chi connectivity index (χ4v) is 4.87. The highest BCUT2D eigenvalue weighted by Crippen LogP contribution is 2.23. The Labute approximate surface area is 161 Å². The van der Waals surface area contributed by atoms with Crippen molar-refractivity contribution in [2.75, 3.05) is 18.4 Å². The predicted molar refractivity (Wildman–Crippen MR) is 108 cm³/mol. The summed E-state index contributed by atoms with van der Waals surface area (Å²) in [7, 11) is -3.58. The first kappa shape index (κ1) is 19.6. The summed E-state index contributed by atoms with van der Waals surface area (Å²) in [5.74, 6) is -0.309. The largest absolute Gasteiger partial charge is 0.322 e. The van der Waals surface area contributed by atoms with Gasteiger partial charge in [0, 0.05) is 24.3 Å². The van der Waals surface area contributed by atoms with Crippen molar-refractivity contribution >= 4 is 21.6 Å². The summed E-state index contributed by atoms with van der Waals surface area (Å²) in [5, 5.41) is 2.89. The Bertz CT molecular complexity index is 930. The van der Waals surface area contributed by atoms with Crippen molar-refractivity contribution in [2.24, 2.45) is 0 Å². The van der Waals surface area contributed by atoms with Gasteiger partial charge < -0.3 is 5.32 Å². The highest BCUT2D eigenvalue weighted by molar-refractivity contribution is 7.89. The smallest absolute Gasteiger partial charge is 0.255 e. The van der Waals surface area contributed by atoms with Crippen LogP contribution in [-0.4, -0.2) is 31.7 Å². The second-order valence-corrected chi connectivity index (χ2v) is 8.99. The summed E-state index contributed by atoms with van der Waals surface area (Å²) in [6.07, 6.45) is 3.88. The molecule has 1 amide bonds. The molecule has 2 aromatic rings. The van der Waals surface area contributed by atoms with Gasteiger partial charge >= 0.3 is 0 Å². The molecule has 1 N–H and O–H groups in total. The van der Waals surface area contributed by atoms with Gasteiger partial charge in [-0.1, -0.05) is 31.0 Å². The molecule has 0 spiro atoms. The third-order valence-corrected chi connectivity index (χ3v) is 7.05. The molecule has 1 fully saturated rings. The minimum atomic E-state index is -3.58. The van der Waals surface area contributed by atoms with E-state index in [1.165, 1.54) is 6.07 Å². The number of hydrogen-bond acceptors (Lipinski definition) is 3. The van der Waals surface area contributed by atoms with Gasteiger partial charge in [-0.15, -0.1) is 0 Å². The van der Waals surface area contributed by atoms with Crippen molar-refractivity contribution in [1.82, 2.24) is 4.31 Å². The lowest BCUT2D eigenvalue weighted by atomic mass is 10.1. The van der Waals surface area contributed by atoms with E-state index in [4.69, 9.17) is 0 Å². The Morgan fingerprint density at radius 2 is 1.63 bits per heavy atom. The first-order chi connectivity index (χ1) is 12.9. The molecule has 144 valence electrons. The highest BCUT2D eigenvalue weighted by Gasteiger charge is 2.25. The Morgan fingerprint density at radius 1 is 0.963 bits per heavy atom. The Kier molecular flexibility index (Phi) is 5.97. The minimum Gasteiger partial charge on any atom is -0.322 e. The average Bonchev–Trinajstić information content (AvgIpc) is 2.95. The molecular weight excluding hydrogens is 360 g/mol. The van der Waals surface area contributed by atoms with Gasteiger partial charge in [-0.05, 0) is 62.1 Å². The molecular formula is C21H26N2O3S. The Morgan fingerprint density at radius 3 is 2.33 bits per heavy atom. The summed E-state index contributed by atoms with van der Waals surface area (Å²) >= 11 is 0. The molecule has 1 aliphatic heterocycles. The lowest BCUT2D eigenvalue weighted by Gasteiger charge is -2.20. The van der Waals surface area contributed by atoms with Crippen molar-refractivity contribution in [3.05, 3.63) is 59.2 Å². The van der Waals surface area contributed by atoms with E-state index in [-0.39, 0.29) is 10.8 Å². The SMILES string of the molecule is Cc1cccc(NC(=O)c2cccc(S(=O)(=O)N3CCCCCC3)c2)c1C. The van der Waals surface area contributed by atoms with Crippen molar-refractivity contribution in [2.45, 2.75) is 44.4 Å². The number of amides is 1. The van der Waals surface area contributed by atoms with Gasteiger partial charge in [-0.3, -0.25) is 4.79 Å². The maximum atomic E-state index is 13.0. The maximum absolute atomic E-state index is 13.0. The molecule has 27 heavy (non-hydrogen) atoms. The van der Waals surface area contributed by atoms with Crippen LogP contribution in [0.15, 0.2) is 47.4 Å². The van der Waals surface area contributed by atoms with E-state index in [1.807, 2.05) is 32.0 Å². The quantitative estimate of drug-likeness (QED) is 0.859. The van der Waals surface area contributed by atoms with Crippen LogP contribution < -0.4 is 5.32 Å². The molecule has 0 saturated carbocycles. The van der Waals surface area contributed by atoms with E-state index in [0.717, 1.165) is 42.5 Å². The molecule has 1 heterocycles. The van der Waals surface area contributed by atoms with Gasteiger partial charge in [-0.2, -0.15) is 4.31 Å². The first-order valence-corrected chi connectivity index (χ1v) is 10.8. The van der Waals surface area contributed by atoms with Crippen molar-refractivity contribution < 1.29 is 13.2 Å². The number of nitrogens with one attached hydrogen (secondary N) is 1. The zero-order valence-corrected chi connectivity index (χ0v) is 16.7. The van der Waals surface area contributed by atoms with Gasteiger partial charge in [0.05, 0.1) is 4.90 Å². The van der Waals surface area contributed by atoms with Crippen LogP contribution in [0, 0.1) is 13.8 Å². The normalized spacial score (nSPS) is 15.9. The van der Waals surface area contributed by atoms with Crippen LogP contribution in [0.1, 0.15) is 47.2 Å². The molecule has 6 heteroatoms. The van der Waals surface area contributed by atoms with Gasteiger partial charge in [0.15, 0.2) is 0 Å². The lowest BCUT2D eigenvalue weighted by Crippen LogP contribution is -2.32.